The number of aromatic nitrogens is 3. The monoisotopic (exact) mass is 175 g/mol. The molecule has 0 saturated carbocycles. The van der Waals surface area contributed by atoms with Crippen molar-refractivity contribution in [1.82, 2.24) is 14.4 Å². The molecule has 0 spiro atoms. The predicted molar refractivity (Wildman–Crippen MR) is 48.4 cm³/mol. The number of nitrogens with zero attached hydrogens (tertiary/aromatic N) is 3. The van der Waals surface area contributed by atoms with Crippen molar-refractivity contribution in [2.75, 3.05) is 0 Å². The Kier molecular flexibility index (Phi) is 1.04. The van der Waals surface area contributed by atoms with Gasteiger partial charge in [0.25, 0.3) is 0 Å². The Balaban J connectivity index is 2.68. The highest BCUT2D eigenvalue weighted by Crippen LogP contribution is 2.17. The van der Waals surface area contributed by atoms with Crippen LogP contribution in [-0.4, -0.2) is 14.4 Å². The average molecular weight is 175 g/mol. The Hall–Kier alpha value is -1.42. The Morgan fingerprint density at radius 1 is 1.42 bits per heavy atom. The summed E-state index contributed by atoms with van der Waals surface area (Å²) in [5.41, 5.74) is 1.90. The topological polar surface area (TPSA) is 30.2 Å². The largest absolute Gasteiger partial charge is 0.289 e. The molecule has 0 aliphatic carbocycles. The van der Waals surface area contributed by atoms with Crippen LogP contribution in [0.1, 0.15) is 0 Å². The third kappa shape index (κ3) is 0.648. The van der Waals surface area contributed by atoms with Crippen molar-refractivity contribution in [2.24, 2.45) is 0 Å². The Labute approximate surface area is 72.3 Å². The molecule has 0 saturated heterocycles. The lowest BCUT2D eigenvalue weighted by Gasteiger charge is -1.85. The number of thiazole rings is 1. The van der Waals surface area contributed by atoms with Crippen LogP contribution in [0.3, 0.4) is 0 Å². The number of hydrogen-bond donors (Lipinski definition) is 0. The summed E-state index contributed by atoms with van der Waals surface area (Å²) < 4.78 is 2.05. The molecule has 0 unspecified atom stereocenters. The van der Waals surface area contributed by atoms with Crippen LogP contribution in [0.5, 0.6) is 0 Å². The van der Waals surface area contributed by atoms with E-state index >= 15 is 0 Å². The van der Waals surface area contributed by atoms with E-state index in [4.69, 9.17) is 0 Å². The third-order valence-electron chi connectivity index (χ3n) is 1.82. The van der Waals surface area contributed by atoms with Gasteiger partial charge in [0.1, 0.15) is 0 Å². The van der Waals surface area contributed by atoms with Crippen LogP contribution in [0.2, 0.25) is 0 Å². The molecule has 0 aromatic carbocycles. The SMILES string of the molecule is c1cnc2nc3sccn3c2c1. The second-order valence-electron chi connectivity index (χ2n) is 2.51. The summed E-state index contributed by atoms with van der Waals surface area (Å²) >= 11 is 1.62. The molecule has 0 aliphatic heterocycles. The minimum absolute atomic E-state index is 0.823. The number of hydrogen-bond acceptors (Lipinski definition) is 3. The first-order valence-electron chi connectivity index (χ1n) is 3.61. The Morgan fingerprint density at radius 3 is 3.42 bits per heavy atom. The van der Waals surface area contributed by atoms with E-state index in [1.807, 2.05) is 28.1 Å². The molecule has 0 N–H and O–H groups in total. The fourth-order valence-electron chi connectivity index (χ4n) is 1.29. The molecular formula is C8H5N3S. The lowest BCUT2D eigenvalue weighted by atomic mass is 10.4. The molecule has 58 valence electrons. The quantitative estimate of drug-likeness (QED) is 0.522. The van der Waals surface area contributed by atoms with E-state index in [2.05, 4.69) is 9.97 Å². The normalized spacial score (nSPS) is 11.3. The van der Waals surface area contributed by atoms with E-state index in [1.54, 1.807) is 17.5 Å². The molecule has 3 heterocycles. The van der Waals surface area contributed by atoms with E-state index in [0.717, 1.165) is 16.1 Å². The molecule has 4 heteroatoms. The second-order valence-corrected chi connectivity index (χ2v) is 3.39. The van der Waals surface area contributed by atoms with E-state index in [-0.39, 0.29) is 0 Å². The summed E-state index contributed by atoms with van der Waals surface area (Å²) in [7, 11) is 0. The van der Waals surface area contributed by atoms with Gasteiger partial charge in [-0.1, -0.05) is 0 Å². The summed E-state index contributed by atoms with van der Waals surface area (Å²) in [4.78, 5) is 9.51. The zero-order valence-corrected chi connectivity index (χ0v) is 6.95. The highest BCUT2D eigenvalue weighted by atomic mass is 32.1. The minimum Gasteiger partial charge on any atom is -0.289 e. The molecule has 0 bridgehead atoms. The standard InChI is InChI=1S/C8H5N3S/c1-2-6-7(9-3-1)10-8-11(6)4-5-12-8/h1-5H. The summed E-state index contributed by atoms with van der Waals surface area (Å²) in [6, 6.07) is 3.95. The maximum Gasteiger partial charge on any atom is 0.196 e. The van der Waals surface area contributed by atoms with Gasteiger partial charge in [0, 0.05) is 17.8 Å². The van der Waals surface area contributed by atoms with Crippen LogP contribution < -0.4 is 0 Å². The summed E-state index contributed by atoms with van der Waals surface area (Å²) in [6.45, 7) is 0. The van der Waals surface area contributed by atoms with Crippen molar-refractivity contribution < 1.29 is 0 Å². The van der Waals surface area contributed by atoms with E-state index < -0.39 is 0 Å². The molecule has 0 radical (unpaired) electrons. The van der Waals surface area contributed by atoms with Crippen molar-refractivity contribution in [1.29, 1.82) is 0 Å². The van der Waals surface area contributed by atoms with Gasteiger partial charge in [-0.2, -0.15) is 4.98 Å². The first kappa shape index (κ1) is 6.14. The maximum atomic E-state index is 4.35. The van der Waals surface area contributed by atoms with Crippen molar-refractivity contribution in [3.05, 3.63) is 29.9 Å². The van der Waals surface area contributed by atoms with Gasteiger partial charge in [0.15, 0.2) is 10.6 Å². The van der Waals surface area contributed by atoms with Crippen molar-refractivity contribution in [2.45, 2.75) is 0 Å². The van der Waals surface area contributed by atoms with Crippen LogP contribution in [0.15, 0.2) is 29.9 Å². The summed E-state index contributed by atoms with van der Waals surface area (Å²) in [6.07, 6.45) is 3.77. The van der Waals surface area contributed by atoms with E-state index in [9.17, 15) is 0 Å². The molecule has 3 rings (SSSR count). The lowest BCUT2D eigenvalue weighted by molar-refractivity contribution is 1.28. The van der Waals surface area contributed by atoms with Crippen LogP contribution in [0, 0.1) is 0 Å². The Bertz CT molecular complexity index is 536. The molecule has 3 aromatic heterocycles. The number of imidazole rings is 1. The van der Waals surface area contributed by atoms with Gasteiger partial charge in [0.05, 0.1) is 5.52 Å². The first-order chi connectivity index (χ1) is 5.95. The Morgan fingerprint density at radius 2 is 2.42 bits per heavy atom. The summed E-state index contributed by atoms with van der Waals surface area (Å²) in [5.74, 6) is 0. The third-order valence-corrected chi connectivity index (χ3v) is 2.57. The molecule has 0 fully saturated rings. The molecule has 12 heavy (non-hydrogen) atoms. The molecule has 0 aliphatic rings. The molecule has 0 amide bonds. The zero-order valence-electron chi connectivity index (χ0n) is 6.14. The smallest absolute Gasteiger partial charge is 0.196 e. The maximum absolute atomic E-state index is 4.35. The predicted octanol–water partition coefficient (Wildman–Crippen LogP) is 1.94. The minimum atomic E-state index is 0.823. The molecule has 3 nitrogen and oxygen atoms in total. The van der Waals surface area contributed by atoms with Gasteiger partial charge in [-0.15, -0.1) is 11.3 Å². The average Bonchev–Trinajstić information content (AvgIpc) is 2.62. The molecular weight excluding hydrogens is 170 g/mol. The van der Waals surface area contributed by atoms with Gasteiger partial charge >= 0.3 is 0 Å². The van der Waals surface area contributed by atoms with Crippen LogP contribution >= 0.6 is 11.3 Å². The van der Waals surface area contributed by atoms with E-state index in [1.165, 1.54) is 0 Å². The zero-order chi connectivity index (χ0) is 7.97. The fraction of sp³-hybridized carbons (Fsp3) is 0. The van der Waals surface area contributed by atoms with Crippen LogP contribution in [0.25, 0.3) is 16.1 Å². The highest BCUT2D eigenvalue weighted by Gasteiger charge is 2.03. The number of rotatable bonds is 0. The molecule has 3 aromatic rings. The lowest BCUT2D eigenvalue weighted by Crippen LogP contribution is -1.76. The van der Waals surface area contributed by atoms with Crippen LogP contribution in [0.4, 0.5) is 0 Å². The van der Waals surface area contributed by atoms with E-state index in [0.29, 0.717) is 0 Å². The number of fused-ring (bicyclic) bond motifs is 3. The number of pyridine rings is 1. The second kappa shape index (κ2) is 2.04. The molecule has 0 atom stereocenters. The summed E-state index contributed by atoms with van der Waals surface area (Å²) in [5, 5.41) is 2.02. The van der Waals surface area contributed by atoms with Crippen LogP contribution in [-0.2, 0) is 0 Å². The van der Waals surface area contributed by atoms with Gasteiger partial charge in [-0.3, -0.25) is 4.40 Å². The van der Waals surface area contributed by atoms with Gasteiger partial charge in [-0.25, -0.2) is 4.98 Å². The van der Waals surface area contributed by atoms with Crippen molar-refractivity contribution >= 4 is 27.5 Å². The fourth-order valence-corrected chi connectivity index (χ4v) is 2.01. The highest BCUT2D eigenvalue weighted by molar-refractivity contribution is 7.15. The van der Waals surface area contributed by atoms with Gasteiger partial charge in [0.2, 0.25) is 0 Å². The first-order valence-corrected chi connectivity index (χ1v) is 4.49. The van der Waals surface area contributed by atoms with Gasteiger partial charge < -0.3 is 0 Å². The van der Waals surface area contributed by atoms with Crippen molar-refractivity contribution in [3.63, 3.8) is 0 Å². The van der Waals surface area contributed by atoms with Crippen molar-refractivity contribution in [3.8, 4) is 0 Å². The van der Waals surface area contributed by atoms with Gasteiger partial charge in [-0.05, 0) is 12.1 Å².